The molecule has 106 valence electrons. The van der Waals surface area contributed by atoms with E-state index in [2.05, 4.69) is 11.4 Å². The average Bonchev–Trinajstić information content (AvgIpc) is 2.44. The largest absolute Gasteiger partial charge is 0.362 e. The zero-order valence-electron chi connectivity index (χ0n) is 12.0. The first-order valence-corrected chi connectivity index (χ1v) is 7.06. The fourth-order valence-electron chi connectivity index (χ4n) is 1.76. The summed E-state index contributed by atoms with van der Waals surface area (Å²) < 4.78 is 11.0. The Morgan fingerprint density at radius 1 is 1.11 bits per heavy atom. The van der Waals surface area contributed by atoms with Crippen LogP contribution in [0.1, 0.15) is 33.1 Å². The van der Waals surface area contributed by atoms with E-state index in [1.54, 1.807) is 0 Å². The van der Waals surface area contributed by atoms with Crippen LogP contribution >= 0.6 is 0 Å². The van der Waals surface area contributed by atoms with Crippen LogP contribution in [-0.2, 0) is 9.47 Å². The van der Waals surface area contributed by atoms with Gasteiger partial charge >= 0.3 is 0 Å². The predicted molar refractivity (Wildman–Crippen MR) is 80.1 cm³/mol. The summed E-state index contributed by atoms with van der Waals surface area (Å²) in [5.41, 5.74) is 1.11. The number of benzene rings is 1. The summed E-state index contributed by atoms with van der Waals surface area (Å²) in [5, 5.41) is 3.24. The highest BCUT2D eigenvalue weighted by Crippen LogP contribution is 2.08. The number of allylic oxidation sites excluding steroid dienone is 1. The molecular weight excluding hydrogens is 238 g/mol. The van der Waals surface area contributed by atoms with Crippen molar-refractivity contribution >= 4 is 5.69 Å². The summed E-state index contributed by atoms with van der Waals surface area (Å²) in [6, 6.07) is 10.1. The first-order valence-electron chi connectivity index (χ1n) is 7.06. The number of ether oxygens (including phenoxy) is 2. The number of para-hydroxylation sites is 1. The number of nitrogens with one attached hydrogen (secondary N) is 1. The van der Waals surface area contributed by atoms with Crippen molar-refractivity contribution in [2.24, 2.45) is 0 Å². The third-order valence-electron chi connectivity index (χ3n) is 2.66. The molecule has 0 unspecified atom stereocenters. The van der Waals surface area contributed by atoms with Gasteiger partial charge in [0.25, 0.3) is 0 Å². The van der Waals surface area contributed by atoms with Gasteiger partial charge in [-0.3, -0.25) is 0 Å². The first-order chi connectivity index (χ1) is 9.36. The molecule has 3 heteroatoms. The van der Waals surface area contributed by atoms with Gasteiger partial charge in [-0.15, -0.1) is 0 Å². The van der Waals surface area contributed by atoms with Crippen LogP contribution in [0.15, 0.2) is 42.6 Å². The molecule has 0 radical (unpaired) electrons. The Morgan fingerprint density at radius 2 is 1.79 bits per heavy atom. The van der Waals surface area contributed by atoms with E-state index in [-0.39, 0.29) is 6.29 Å². The molecule has 1 aromatic rings. The Balaban J connectivity index is 2.12. The van der Waals surface area contributed by atoms with E-state index in [9.17, 15) is 0 Å². The molecule has 0 heterocycles. The van der Waals surface area contributed by atoms with E-state index >= 15 is 0 Å². The Labute approximate surface area is 116 Å². The number of unbranched alkanes of at least 4 members (excludes halogenated alkanes) is 1. The average molecular weight is 263 g/mol. The van der Waals surface area contributed by atoms with E-state index in [1.165, 1.54) is 0 Å². The maximum atomic E-state index is 5.50. The molecule has 0 aliphatic rings. The fourth-order valence-corrected chi connectivity index (χ4v) is 1.76. The molecule has 0 atom stereocenters. The SMILES string of the molecule is CCOC(CCCC=CNc1ccccc1)OCC. The van der Waals surface area contributed by atoms with E-state index in [0.717, 1.165) is 24.9 Å². The van der Waals surface area contributed by atoms with Crippen molar-refractivity contribution < 1.29 is 9.47 Å². The summed E-state index contributed by atoms with van der Waals surface area (Å²) in [6.07, 6.45) is 7.12. The maximum Gasteiger partial charge on any atom is 0.157 e. The van der Waals surface area contributed by atoms with Crippen molar-refractivity contribution in [1.82, 2.24) is 0 Å². The monoisotopic (exact) mass is 263 g/mol. The number of hydrogen-bond donors (Lipinski definition) is 1. The van der Waals surface area contributed by atoms with Gasteiger partial charge < -0.3 is 14.8 Å². The topological polar surface area (TPSA) is 30.5 Å². The minimum absolute atomic E-state index is 0.0505. The second-order valence-electron chi connectivity index (χ2n) is 4.18. The Hall–Kier alpha value is -1.32. The van der Waals surface area contributed by atoms with E-state index in [1.807, 2.05) is 50.4 Å². The van der Waals surface area contributed by atoms with Crippen LogP contribution in [0.5, 0.6) is 0 Å². The molecule has 0 fully saturated rings. The summed E-state index contributed by atoms with van der Waals surface area (Å²) in [5.74, 6) is 0. The lowest BCUT2D eigenvalue weighted by Crippen LogP contribution is -2.16. The zero-order valence-corrected chi connectivity index (χ0v) is 12.0. The van der Waals surface area contributed by atoms with Crippen molar-refractivity contribution in [3.05, 3.63) is 42.6 Å². The van der Waals surface area contributed by atoms with Crippen molar-refractivity contribution in [1.29, 1.82) is 0 Å². The quantitative estimate of drug-likeness (QED) is 0.507. The Bertz CT molecular complexity index is 332. The van der Waals surface area contributed by atoms with Gasteiger partial charge in [0.2, 0.25) is 0 Å². The third-order valence-corrected chi connectivity index (χ3v) is 2.66. The van der Waals surface area contributed by atoms with Crippen LogP contribution in [0.2, 0.25) is 0 Å². The van der Waals surface area contributed by atoms with Gasteiger partial charge in [0, 0.05) is 18.9 Å². The van der Waals surface area contributed by atoms with Gasteiger partial charge in [-0.1, -0.05) is 24.3 Å². The molecule has 0 aromatic heterocycles. The molecule has 0 aliphatic heterocycles. The van der Waals surface area contributed by atoms with Crippen LogP contribution in [0, 0.1) is 0 Å². The van der Waals surface area contributed by atoms with Crippen molar-refractivity contribution in [3.63, 3.8) is 0 Å². The van der Waals surface area contributed by atoms with Gasteiger partial charge in [-0.05, 0) is 51.4 Å². The molecule has 1 aromatic carbocycles. The lowest BCUT2D eigenvalue weighted by molar-refractivity contribution is -0.139. The minimum atomic E-state index is -0.0505. The zero-order chi connectivity index (χ0) is 13.8. The van der Waals surface area contributed by atoms with Gasteiger partial charge in [0.05, 0.1) is 0 Å². The molecule has 0 bridgehead atoms. The predicted octanol–water partition coefficient (Wildman–Crippen LogP) is 4.18. The van der Waals surface area contributed by atoms with E-state index in [4.69, 9.17) is 9.47 Å². The molecule has 0 amide bonds. The minimum Gasteiger partial charge on any atom is -0.362 e. The van der Waals surface area contributed by atoms with Gasteiger partial charge in [-0.2, -0.15) is 0 Å². The van der Waals surface area contributed by atoms with Crippen LogP contribution in [0.4, 0.5) is 5.69 Å². The Kier molecular flexibility index (Phi) is 8.77. The van der Waals surface area contributed by atoms with E-state index in [0.29, 0.717) is 13.2 Å². The second-order valence-corrected chi connectivity index (χ2v) is 4.18. The molecule has 0 saturated carbocycles. The molecular formula is C16H25NO2. The van der Waals surface area contributed by atoms with Crippen LogP contribution in [-0.4, -0.2) is 19.5 Å². The number of hydrogen-bond acceptors (Lipinski definition) is 3. The standard InChI is InChI=1S/C16H25NO2/c1-3-18-16(19-4-2)13-9-6-10-14-17-15-11-7-5-8-12-15/h5,7-8,10-12,14,16-17H,3-4,6,9,13H2,1-2H3. The highest BCUT2D eigenvalue weighted by atomic mass is 16.7. The highest BCUT2D eigenvalue weighted by Gasteiger charge is 2.05. The van der Waals surface area contributed by atoms with Gasteiger partial charge in [-0.25, -0.2) is 0 Å². The Morgan fingerprint density at radius 3 is 2.42 bits per heavy atom. The van der Waals surface area contributed by atoms with E-state index < -0.39 is 0 Å². The molecule has 3 nitrogen and oxygen atoms in total. The maximum absolute atomic E-state index is 5.50. The highest BCUT2D eigenvalue weighted by molar-refractivity contribution is 5.44. The second kappa shape index (κ2) is 10.6. The molecule has 0 spiro atoms. The molecule has 19 heavy (non-hydrogen) atoms. The molecule has 1 rings (SSSR count). The summed E-state index contributed by atoms with van der Waals surface area (Å²) >= 11 is 0. The first kappa shape index (κ1) is 15.7. The van der Waals surface area contributed by atoms with Gasteiger partial charge in [0.1, 0.15) is 0 Å². The van der Waals surface area contributed by atoms with Crippen molar-refractivity contribution in [2.75, 3.05) is 18.5 Å². The smallest absolute Gasteiger partial charge is 0.157 e. The van der Waals surface area contributed by atoms with Crippen LogP contribution in [0.3, 0.4) is 0 Å². The summed E-state index contributed by atoms with van der Waals surface area (Å²) in [4.78, 5) is 0. The number of anilines is 1. The van der Waals surface area contributed by atoms with Crippen molar-refractivity contribution in [2.45, 2.75) is 39.4 Å². The van der Waals surface area contributed by atoms with Crippen LogP contribution < -0.4 is 5.32 Å². The lowest BCUT2D eigenvalue weighted by atomic mass is 10.2. The molecule has 1 N–H and O–H groups in total. The lowest BCUT2D eigenvalue weighted by Gasteiger charge is -2.16. The fraction of sp³-hybridized carbons (Fsp3) is 0.500. The molecule has 0 aliphatic carbocycles. The summed E-state index contributed by atoms with van der Waals surface area (Å²) in [7, 11) is 0. The van der Waals surface area contributed by atoms with Gasteiger partial charge in [0.15, 0.2) is 6.29 Å². The third kappa shape index (κ3) is 7.65. The van der Waals surface area contributed by atoms with Crippen molar-refractivity contribution in [3.8, 4) is 0 Å². The number of rotatable bonds is 10. The molecule has 0 saturated heterocycles. The van der Waals surface area contributed by atoms with Crippen LogP contribution in [0.25, 0.3) is 0 Å². The normalized spacial score (nSPS) is 11.3. The summed E-state index contributed by atoms with van der Waals surface area (Å²) in [6.45, 7) is 5.40.